The molecule has 1 heterocycles. The zero-order valence-corrected chi connectivity index (χ0v) is 12.4. The van der Waals surface area contributed by atoms with E-state index in [0.717, 1.165) is 57.1 Å². The average molecular weight is 306 g/mol. The monoisotopic (exact) mass is 305 g/mol. The highest BCUT2D eigenvalue weighted by atomic mass is 79.9. The molecule has 100 valence electrons. The van der Waals surface area contributed by atoms with E-state index in [1.54, 1.807) is 0 Å². The van der Waals surface area contributed by atoms with Crippen molar-refractivity contribution in [3.8, 4) is 0 Å². The molecule has 1 amide bonds. The number of carbonyl (C=O) groups is 1. The maximum Gasteiger partial charge on any atom is 0.222 e. The van der Waals surface area contributed by atoms with Crippen LogP contribution >= 0.6 is 15.9 Å². The molecule has 1 aliphatic heterocycles. The van der Waals surface area contributed by atoms with Gasteiger partial charge < -0.3 is 9.64 Å². The number of rotatable bonds is 7. The summed E-state index contributed by atoms with van der Waals surface area (Å²) in [5.74, 6) is 0.331. The number of ether oxygens (including phenoxy) is 1. The van der Waals surface area contributed by atoms with E-state index in [-0.39, 0.29) is 0 Å². The summed E-state index contributed by atoms with van der Waals surface area (Å²) in [5.41, 5.74) is 0. The summed E-state index contributed by atoms with van der Waals surface area (Å²) in [6, 6.07) is 0. The van der Waals surface area contributed by atoms with Gasteiger partial charge in [0, 0.05) is 24.8 Å². The first-order chi connectivity index (χ1) is 8.27. The molecule has 3 nitrogen and oxygen atoms in total. The van der Waals surface area contributed by atoms with E-state index in [9.17, 15) is 4.79 Å². The summed E-state index contributed by atoms with van der Waals surface area (Å²) >= 11 is 3.36. The fourth-order valence-corrected chi connectivity index (χ4v) is 2.35. The van der Waals surface area contributed by atoms with Gasteiger partial charge in [-0.3, -0.25) is 4.79 Å². The van der Waals surface area contributed by atoms with Crippen LogP contribution in [0.3, 0.4) is 0 Å². The molecule has 0 radical (unpaired) electrons. The summed E-state index contributed by atoms with van der Waals surface area (Å²) in [4.78, 5) is 13.9. The molecule has 0 spiro atoms. The largest absolute Gasteiger partial charge is 0.377 e. The molecule has 0 aromatic heterocycles. The van der Waals surface area contributed by atoms with Crippen LogP contribution in [0, 0.1) is 0 Å². The Kier molecular flexibility index (Phi) is 7.86. The SMILES string of the molecule is CCCCCC(=O)N1CCC(OCCBr)CC1. The van der Waals surface area contributed by atoms with Crippen molar-refractivity contribution in [1.29, 1.82) is 0 Å². The molecule has 1 rings (SSSR count). The minimum atomic E-state index is 0.331. The summed E-state index contributed by atoms with van der Waals surface area (Å²) in [7, 11) is 0. The van der Waals surface area contributed by atoms with Gasteiger partial charge in [0.1, 0.15) is 0 Å². The number of unbranched alkanes of at least 4 members (excludes halogenated alkanes) is 2. The number of halogens is 1. The highest BCUT2D eigenvalue weighted by molar-refractivity contribution is 9.09. The summed E-state index contributed by atoms with van der Waals surface area (Å²) < 4.78 is 5.67. The lowest BCUT2D eigenvalue weighted by Crippen LogP contribution is -2.40. The van der Waals surface area contributed by atoms with Gasteiger partial charge in [-0.15, -0.1) is 0 Å². The first-order valence-electron chi connectivity index (χ1n) is 6.73. The third-order valence-electron chi connectivity index (χ3n) is 3.22. The molecule has 1 fully saturated rings. The second-order valence-corrected chi connectivity index (χ2v) is 5.39. The zero-order valence-electron chi connectivity index (χ0n) is 10.8. The topological polar surface area (TPSA) is 29.5 Å². The molecule has 1 aliphatic rings. The minimum absolute atomic E-state index is 0.331. The van der Waals surface area contributed by atoms with Crippen molar-refractivity contribution >= 4 is 21.8 Å². The first-order valence-corrected chi connectivity index (χ1v) is 7.85. The van der Waals surface area contributed by atoms with Gasteiger partial charge in [0.25, 0.3) is 0 Å². The van der Waals surface area contributed by atoms with E-state index in [1.165, 1.54) is 6.42 Å². The van der Waals surface area contributed by atoms with Crippen LogP contribution in [0.4, 0.5) is 0 Å². The van der Waals surface area contributed by atoms with Gasteiger partial charge in [0.05, 0.1) is 12.7 Å². The fourth-order valence-electron chi connectivity index (χ4n) is 2.17. The molecule has 0 N–H and O–H groups in total. The smallest absolute Gasteiger partial charge is 0.222 e. The molecule has 0 aromatic carbocycles. The van der Waals surface area contributed by atoms with Crippen LogP contribution in [0.2, 0.25) is 0 Å². The lowest BCUT2D eigenvalue weighted by atomic mass is 10.1. The maximum atomic E-state index is 11.9. The average Bonchev–Trinajstić information content (AvgIpc) is 2.37. The van der Waals surface area contributed by atoms with Crippen molar-refractivity contribution < 1.29 is 9.53 Å². The maximum absolute atomic E-state index is 11.9. The fraction of sp³-hybridized carbons (Fsp3) is 0.923. The van der Waals surface area contributed by atoms with Crippen LogP contribution in [-0.4, -0.2) is 41.9 Å². The Balaban J connectivity index is 2.15. The van der Waals surface area contributed by atoms with Gasteiger partial charge >= 0.3 is 0 Å². The van der Waals surface area contributed by atoms with E-state index in [1.807, 2.05) is 4.90 Å². The normalized spacial score (nSPS) is 17.4. The quantitative estimate of drug-likeness (QED) is 0.534. The lowest BCUT2D eigenvalue weighted by Gasteiger charge is -2.32. The number of nitrogens with zero attached hydrogens (tertiary/aromatic N) is 1. The van der Waals surface area contributed by atoms with E-state index in [2.05, 4.69) is 22.9 Å². The van der Waals surface area contributed by atoms with Crippen LogP contribution in [0.25, 0.3) is 0 Å². The molecule has 1 saturated heterocycles. The van der Waals surface area contributed by atoms with Gasteiger partial charge in [0.2, 0.25) is 5.91 Å². The van der Waals surface area contributed by atoms with E-state index < -0.39 is 0 Å². The van der Waals surface area contributed by atoms with Crippen molar-refractivity contribution in [2.45, 2.75) is 51.6 Å². The standard InChI is InChI=1S/C13H24BrNO2/c1-2-3-4-5-13(16)15-9-6-12(7-10-15)17-11-8-14/h12H,2-11H2,1H3. The second kappa shape index (κ2) is 8.92. The van der Waals surface area contributed by atoms with Crippen LogP contribution in [0.15, 0.2) is 0 Å². The molecule has 0 saturated carbocycles. The van der Waals surface area contributed by atoms with Crippen molar-refractivity contribution in [2.24, 2.45) is 0 Å². The Labute approximate surface area is 113 Å². The summed E-state index contributed by atoms with van der Waals surface area (Å²) in [5, 5.41) is 0.892. The number of carbonyl (C=O) groups excluding carboxylic acids is 1. The number of likely N-dealkylation sites (tertiary alicyclic amines) is 1. The summed E-state index contributed by atoms with van der Waals surface area (Å²) in [6.07, 6.45) is 6.44. The minimum Gasteiger partial charge on any atom is -0.377 e. The molecular weight excluding hydrogens is 282 g/mol. The molecule has 17 heavy (non-hydrogen) atoms. The van der Waals surface area contributed by atoms with Crippen molar-refractivity contribution in [3.05, 3.63) is 0 Å². The number of amides is 1. The number of alkyl halides is 1. The second-order valence-electron chi connectivity index (χ2n) is 4.60. The molecule has 0 unspecified atom stereocenters. The Hall–Kier alpha value is -0.0900. The Morgan fingerprint density at radius 3 is 2.65 bits per heavy atom. The van der Waals surface area contributed by atoms with Crippen molar-refractivity contribution in [3.63, 3.8) is 0 Å². The number of hydrogen-bond donors (Lipinski definition) is 0. The van der Waals surface area contributed by atoms with Crippen molar-refractivity contribution in [2.75, 3.05) is 25.0 Å². The Bertz CT molecular complexity index is 215. The van der Waals surface area contributed by atoms with Crippen LogP contribution in [0.1, 0.15) is 45.4 Å². The van der Waals surface area contributed by atoms with Crippen LogP contribution in [-0.2, 0) is 9.53 Å². The molecule has 0 atom stereocenters. The van der Waals surface area contributed by atoms with Gasteiger partial charge in [-0.05, 0) is 19.3 Å². The lowest BCUT2D eigenvalue weighted by molar-refractivity contribution is -0.133. The molecule has 4 heteroatoms. The predicted molar refractivity (Wildman–Crippen MR) is 73.5 cm³/mol. The van der Waals surface area contributed by atoms with Gasteiger partial charge in [0.15, 0.2) is 0 Å². The molecule has 0 aliphatic carbocycles. The molecular formula is C13H24BrNO2. The highest BCUT2D eigenvalue weighted by Gasteiger charge is 2.22. The first kappa shape index (κ1) is 15.0. The van der Waals surface area contributed by atoms with Crippen molar-refractivity contribution in [1.82, 2.24) is 4.90 Å². The number of hydrogen-bond acceptors (Lipinski definition) is 2. The van der Waals surface area contributed by atoms with Gasteiger partial charge in [-0.1, -0.05) is 35.7 Å². The molecule has 0 aromatic rings. The Morgan fingerprint density at radius 1 is 1.35 bits per heavy atom. The van der Waals surface area contributed by atoms with E-state index in [0.29, 0.717) is 12.0 Å². The predicted octanol–water partition coefficient (Wildman–Crippen LogP) is 2.97. The van der Waals surface area contributed by atoms with Crippen LogP contribution < -0.4 is 0 Å². The van der Waals surface area contributed by atoms with E-state index >= 15 is 0 Å². The van der Waals surface area contributed by atoms with E-state index in [4.69, 9.17) is 4.74 Å². The number of piperidine rings is 1. The van der Waals surface area contributed by atoms with Gasteiger partial charge in [-0.25, -0.2) is 0 Å². The summed E-state index contributed by atoms with van der Waals surface area (Å²) in [6.45, 7) is 4.68. The zero-order chi connectivity index (χ0) is 12.5. The highest BCUT2D eigenvalue weighted by Crippen LogP contribution is 2.15. The van der Waals surface area contributed by atoms with Crippen LogP contribution in [0.5, 0.6) is 0 Å². The third-order valence-corrected chi connectivity index (χ3v) is 3.54. The molecule has 0 bridgehead atoms. The third kappa shape index (κ3) is 5.87. The van der Waals surface area contributed by atoms with Gasteiger partial charge in [-0.2, -0.15) is 0 Å². The Morgan fingerprint density at radius 2 is 2.06 bits per heavy atom.